The van der Waals surface area contributed by atoms with Crippen molar-refractivity contribution in [2.24, 2.45) is 5.10 Å². The lowest BCUT2D eigenvalue weighted by Gasteiger charge is -2.20. The Hall–Kier alpha value is -3.02. The maximum atomic E-state index is 12.1. The number of carbonyl (C=O) groups excluding carboxylic acids is 1. The van der Waals surface area contributed by atoms with Gasteiger partial charge in [-0.3, -0.25) is 4.79 Å². The molecule has 1 amide bonds. The Morgan fingerprint density at radius 3 is 2.56 bits per heavy atom. The molecule has 25 heavy (non-hydrogen) atoms. The molecule has 0 radical (unpaired) electrons. The van der Waals surface area contributed by atoms with Crippen LogP contribution in [0, 0.1) is 0 Å². The second-order valence-electron chi connectivity index (χ2n) is 5.53. The maximum Gasteiger partial charge on any atom is 0.271 e. The van der Waals surface area contributed by atoms with E-state index >= 15 is 0 Å². The SMILES string of the molecule is CCN(CC)c1ccc(/C=N/NC(=O)c2ccc3c(c2)OCO3)cc1. The molecular formula is C19H21N3O3. The summed E-state index contributed by atoms with van der Waals surface area (Å²) in [4.78, 5) is 14.4. The average molecular weight is 339 g/mol. The van der Waals surface area contributed by atoms with Crippen molar-refractivity contribution in [3.05, 3.63) is 53.6 Å². The van der Waals surface area contributed by atoms with Crippen molar-refractivity contribution in [1.29, 1.82) is 0 Å². The number of carbonyl (C=O) groups is 1. The Bertz CT molecular complexity index is 768. The summed E-state index contributed by atoms with van der Waals surface area (Å²) >= 11 is 0. The Balaban J connectivity index is 1.60. The number of nitrogens with one attached hydrogen (secondary N) is 1. The topological polar surface area (TPSA) is 63.2 Å². The summed E-state index contributed by atoms with van der Waals surface area (Å²) in [7, 11) is 0. The van der Waals surface area contributed by atoms with E-state index in [1.165, 1.54) is 5.69 Å². The van der Waals surface area contributed by atoms with E-state index in [4.69, 9.17) is 9.47 Å². The minimum Gasteiger partial charge on any atom is -0.454 e. The van der Waals surface area contributed by atoms with Crippen molar-refractivity contribution in [1.82, 2.24) is 5.43 Å². The highest BCUT2D eigenvalue weighted by atomic mass is 16.7. The fourth-order valence-electron chi connectivity index (χ4n) is 2.63. The zero-order valence-electron chi connectivity index (χ0n) is 14.4. The molecule has 1 heterocycles. The van der Waals surface area contributed by atoms with Crippen LogP contribution in [0.2, 0.25) is 0 Å². The van der Waals surface area contributed by atoms with Crippen molar-refractivity contribution < 1.29 is 14.3 Å². The number of anilines is 1. The molecule has 1 N–H and O–H groups in total. The van der Waals surface area contributed by atoms with Crippen molar-refractivity contribution >= 4 is 17.8 Å². The minimum atomic E-state index is -0.297. The van der Waals surface area contributed by atoms with E-state index in [9.17, 15) is 4.79 Å². The van der Waals surface area contributed by atoms with Gasteiger partial charge in [0.1, 0.15) is 0 Å². The molecule has 0 aromatic heterocycles. The molecule has 0 atom stereocenters. The van der Waals surface area contributed by atoms with Crippen LogP contribution in [-0.4, -0.2) is 32.0 Å². The molecule has 0 unspecified atom stereocenters. The first-order chi connectivity index (χ1) is 12.2. The molecule has 0 aliphatic carbocycles. The largest absolute Gasteiger partial charge is 0.454 e. The second kappa shape index (κ2) is 7.70. The third-order valence-corrected chi connectivity index (χ3v) is 4.04. The van der Waals surface area contributed by atoms with Gasteiger partial charge in [0, 0.05) is 24.3 Å². The first kappa shape index (κ1) is 16.8. The van der Waals surface area contributed by atoms with Crippen LogP contribution in [0.15, 0.2) is 47.6 Å². The van der Waals surface area contributed by atoms with Crippen molar-refractivity contribution in [3.63, 3.8) is 0 Å². The predicted molar refractivity (Wildman–Crippen MR) is 97.6 cm³/mol. The smallest absolute Gasteiger partial charge is 0.271 e. The van der Waals surface area contributed by atoms with Gasteiger partial charge in [-0.05, 0) is 49.7 Å². The number of nitrogens with zero attached hydrogens (tertiary/aromatic N) is 2. The van der Waals surface area contributed by atoms with Gasteiger partial charge in [-0.1, -0.05) is 12.1 Å². The summed E-state index contributed by atoms with van der Waals surface area (Å²) in [6, 6.07) is 13.1. The second-order valence-corrected chi connectivity index (χ2v) is 5.53. The summed E-state index contributed by atoms with van der Waals surface area (Å²) in [5.41, 5.74) is 5.08. The third-order valence-electron chi connectivity index (χ3n) is 4.04. The van der Waals surface area contributed by atoms with Gasteiger partial charge >= 0.3 is 0 Å². The summed E-state index contributed by atoms with van der Waals surface area (Å²) in [5, 5.41) is 4.02. The van der Waals surface area contributed by atoms with Gasteiger partial charge in [-0.25, -0.2) is 5.43 Å². The normalized spacial score (nSPS) is 12.4. The quantitative estimate of drug-likeness (QED) is 0.649. The standard InChI is InChI=1S/C19H21N3O3/c1-3-22(4-2)16-8-5-14(6-9-16)12-20-21-19(23)15-7-10-17-18(11-15)25-13-24-17/h5-12H,3-4,13H2,1-2H3,(H,21,23)/b20-12+. The molecule has 2 aromatic carbocycles. The molecule has 2 aromatic rings. The molecule has 0 spiro atoms. The van der Waals surface area contributed by atoms with Crippen molar-refractivity contribution in [2.45, 2.75) is 13.8 Å². The van der Waals surface area contributed by atoms with Gasteiger partial charge in [-0.15, -0.1) is 0 Å². The Labute approximate surface area is 147 Å². The lowest BCUT2D eigenvalue weighted by atomic mass is 10.2. The van der Waals surface area contributed by atoms with Gasteiger partial charge in [-0.2, -0.15) is 5.10 Å². The molecule has 1 aliphatic rings. The van der Waals surface area contributed by atoms with Crippen LogP contribution >= 0.6 is 0 Å². The monoisotopic (exact) mass is 339 g/mol. The van der Waals surface area contributed by atoms with E-state index in [0.29, 0.717) is 17.1 Å². The molecule has 0 saturated carbocycles. The summed E-state index contributed by atoms with van der Waals surface area (Å²) < 4.78 is 10.5. The van der Waals surface area contributed by atoms with Crippen molar-refractivity contribution in [3.8, 4) is 11.5 Å². The van der Waals surface area contributed by atoms with E-state index in [1.54, 1.807) is 24.4 Å². The number of ether oxygens (including phenoxy) is 2. The van der Waals surface area contributed by atoms with Gasteiger partial charge < -0.3 is 14.4 Å². The van der Waals surface area contributed by atoms with Crippen LogP contribution in [0.1, 0.15) is 29.8 Å². The summed E-state index contributed by atoms with van der Waals surface area (Å²) in [5.74, 6) is 0.922. The molecule has 6 nitrogen and oxygen atoms in total. The first-order valence-electron chi connectivity index (χ1n) is 8.29. The highest BCUT2D eigenvalue weighted by molar-refractivity contribution is 5.95. The highest BCUT2D eigenvalue weighted by Gasteiger charge is 2.15. The zero-order chi connectivity index (χ0) is 17.6. The average Bonchev–Trinajstić information content (AvgIpc) is 3.11. The highest BCUT2D eigenvalue weighted by Crippen LogP contribution is 2.32. The van der Waals surface area contributed by atoms with E-state index < -0.39 is 0 Å². The van der Waals surface area contributed by atoms with Crippen LogP contribution < -0.4 is 19.8 Å². The number of rotatable bonds is 6. The summed E-state index contributed by atoms with van der Waals surface area (Å²) in [6.07, 6.45) is 1.62. The zero-order valence-corrected chi connectivity index (χ0v) is 14.4. The number of amides is 1. The molecule has 3 rings (SSSR count). The van der Waals surface area contributed by atoms with Gasteiger partial charge in [0.05, 0.1) is 6.21 Å². The Morgan fingerprint density at radius 1 is 1.12 bits per heavy atom. The number of fused-ring (bicyclic) bond motifs is 1. The van der Waals surface area contributed by atoms with Crippen LogP contribution in [-0.2, 0) is 0 Å². The fraction of sp³-hybridized carbons (Fsp3) is 0.263. The predicted octanol–water partition coefficient (Wildman–Crippen LogP) is 3.03. The van der Waals surface area contributed by atoms with Gasteiger partial charge in [0.2, 0.25) is 6.79 Å². The molecule has 130 valence electrons. The lowest BCUT2D eigenvalue weighted by Crippen LogP contribution is -2.21. The molecule has 0 fully saturated rings. The Morgan fingerprint density at radius 2 is 1.84 bits per heavy atom. The number of hydrazone groups is 1. The molecule has 0 saturated heterocycles. The maximum absolute atomic E-state index is 12.1. The van der Waals surface area contributed by atoms with Gasteiger partial charge in [0.25, 0.3) is 5.91 Å². The molecular weight excluding hydrogens is 318 g/mol. The molecule has 6 heteroatoms. The van der Waals surface area contributed by atoms with E-state index in [1.807, 2.05) is 24.3 Å². The van der Waals surface area contributed by atoms with E-state index in [2.05, 4.69) is 29.3 Å². The summed E-state index contributed by atoms with van der Waals surface area (Å²) in [6.45, 7) is 6.38. The van der Waals surface area contributed by atoms with E-state index in [-0.39, 0.29) is 12.7 Å². The van der Waals surface area contributed by atoms with E-state index in [0.717, 1.165) is 18.7 Å². The van der Waals surface area contributed by atoms with Gasteiger partial charge in [0.15, 0.2) is 11.5 Å². The van der Waals surface area contributed by atoms with Crippen LogP contribution in [0.4, 0.5) is 5.69 Å². The van der Waals surface area contributed by atoms with Crippen LogP contribution in [0.5, 0.6) is 11.5 Å². The fourth-order valence-corrected chi connectivity index (χ4v) is 2.63. The minimum absolute atomic E-state index is 0.183. The van der Waals surface area contributed by atoms with Crippen LogP contribution in [0.3, 0.4) is 0 Å². The molecule has 0 bridgehead atoms. The van der Waals surface area contributed by atoms with Crippen molar-refractivity contribution in [2.75, 3.05) is 24.8 Å². The number of hydrogen-bond acceptors (Lipinski definition) is 5. The first-order valence-corrected chi connectivity index (χ1v) is 8.29. The Kier molecular flexibility index (Phi) is 5.18. The van der Waals surface area contributed by atoms with Crippen LogP contribution in [0.25, 0.3) is 0 Å². The number of benzene rings is 2. The third kappa shape index (κ3) is 3.91. The number of hydrogen-bond donors (Lipinski definition) is 1. The molecule has 1 aliphatic heterocycles. The lowest BCUT2D eigenvalue weighted by molar-refractivity contribution is 0.0954.